The number of hydrogen-bond donors (Lipinski definition) is 2. The van der Waals surface area contributed by atoms with E-state index in [0.717, 1.165) is 0 Å². The van der Waals surface area contributed by atoms with Crippen molar-refractivity contribution in [3.8, 4) is 0 Å². The van der Waals surface area contributed by atoms with E-state index in [1.165, 1.54) is 4.90 Å². The van der Waals surface area contributed by atoms with Crippen LogP contribution in [0.2, 0.25) is 0 Å². The van der Waals surface area contributed by atoms with Crippen LogP contribution in [0.4, 0.5) is 4.79 Å². The van der Waals surface area contributed by atoms with Crippen LogP contribution in [0.3, 0.4) is 0 Å². The highest BCUT2D eigenvalue weighted by Gasteiger charge is 2.42. The van der Waals surface area contributed by atoms with Crippen molar-refractivity contribution in [1.82, 2.24) is 4.90 Å². The first-order valence-electron chi connectivity index (χ1n) is 4.51. The highest BCUT2D eigenvalue weighted by Crippen LogP contribution is 2.37. The summed E-state index contributed by atoms with van der Waals surface area (Å²) < 4.78 is 0. The van der Waals surface area contributed by atoms with Gasteiger partial charge in [-0.2, -0.15) is 0 Å². The fourth-order valence-corrected chi connectivity index (χ4v) is 2.29. The number of carbonyl (C=O) groups is 2. The van der Waals surface area contributed by atoms with E-state index in [2.05, 4.69) is 0 Å². The van der Waals surface area contributed by atoms with Crippen LogP contribution in [0.1, 0.15) is 6.42 Å². The van der Waals surface area contributed by atoms with E-state index in [0.29, 0.717) is 25.1 Å². The Morgan fingerprint density at radius 2 is 2.07 bits per heavy atom. The van der Waals surface area contributed by atoms with E-state index >= 15 is 0 Å². The number of carboxylic acids is 1. The Kier molecular flexibility index (Phi) is 1.94. The molecule has 2 atom stereocenters. The van der Waals surface area contributed by atoms with Crippen molar-refractivity contribution >= 4 is 12.1 Å². The molecule has 2 aliphatic rings. The molecule has 0 spiro atoms. The first-order valence-corrected chi connectivity index (χ1v) is 4.51. The number of aliphatic carboxylic acids is 1. The molecule has 0 aromatic rings. The predicted octanol–water partition coefficient (Wildman–Crippen LogP) is 0.627. The highest BCUT2D eigenvalue weighted by molar-refractivity contribution is 5.88. The van der Waals surface area contributed by atoms with Gasteiger partial charge >= 0.3 is 12.1 Å². The van der Waals surface area contributed by atoms with Crippen molar-refractivity contribution in [3.05, 3.63) is 11.6 Å². The number of hydrogen-bond acceptors (Lipinski definition) is 2. The third kappa shape index (κ3) is 1.25. The molecule has 5 heteroatoms. The number of fused-ring (bicyclic) bond motifs is 1. The van der Waals surface area contributed by atoms with Crippen molar-refractivity contribution in [2.45, 2.75) is 6.42 Å². The normalized spacial score (nSPS) is 30.0. The van der Waals surface area contributed by atoms with Crippen LogP contribution in [0.5, 0.6) is 0 Å². The van der Waals surface area contributed by atoms with Crippen molar-refractivity contribution in [2.24, 2.45) is 11.8 Å². The van der Waals surface area contributed by atoms with Crippen LogP contribution in [0.15, 0.2) is 11.6 Å². The van der Waals surface area contributed by atoms with Crippen molar-refractivity contribution in [1.29, 1.82) is 0 Å². The van der Waals surface area contributed by atoms with E-state index < -0.39 is 12.1 Å². The molecule has 2 unspecified atom stereocenters. The molecule has 0 radical (unpaired) electrons. The smallest absolute Gasteiger partial charge is 0.407 e. The van der Waals surface area contributed by atoms with Crippen molar-refractivity contribution in [2.75, 3.05) is 13.1 Å². The quantitative estimate of drug-likeness (QED) is 0.646. The number of allylic oxidation sites excluding steroid dienone is 1. The lowest BCUT2D eigenvalue weighted by Crippen LogP contribution is -2.27. The molecule has 76 valence electrons. The fraction of sp³-hybridized carbons (Fsp3) is 0.556. The predicted molar refractivity (Wildman–Crippen MR) is 46.9 cm³/mol. The van der Waals surface area contributed by atoms with E-state index in [1.807, 2.05) is 0 Å². The Hall–Kier alpha value is -1.52. The second-order valence-corrected chi connectivity index (χ2v) is 3.75. The SMILES string of the molecule is O=C(O)C1=CCC2CN(C(=O)O)CC12. The maximum absolute atomic E-state index is 10.8. The van der Waals surface area contributed by atoms with Gasteiger partial charge in [-0.25, -0.2) is 9.59 Å². The van der Waals surface area contributed by atoms with Gasteiger partial charge in [-0.1, -0.05) is 6.08 Å². The molecule has 1 heterocycles. The average Bonchev–Trinajstić information content (AvgIpc) is 2.58. The molecule has 14 heavy (non-hydrogen) atoms. The number of carboxylic acid groups (broad SMARTS) is 2. The Morgan fingerprint density at radius 1 is 1.36 bits per heavy atom. The van der Waals surface area contributed by atoms with Gasteiger partial charge in [0.2, 0.25) is 0 Å². The van der Waals surface area contributed by atoms with Gasteiger partial charge in [-0.05, 0) is 12.3 Å². The zero-order valence-corrected chi connectivity index (χ0v) is 7.51. The maximum atomic E-state index is 10.8. The molecule has 1 amide bonds. The number of rotatable bonds is 1. The lowest BCUT2D eigenvalue weighted by molar-refractivity contribution is -0.133. The van der Waals surface area contributed by atoms with Gasteiger partial charge in [0.05, 0.1) is 0 Å². The number of amides is 1. The summed E-state index contributed by atoms with van der Waals surface area (Å²) in [6.45, 7) is 0.797. The number of likely N-dealkylation sites (tertiary alicyclic amines) is 1. The standard InChI is InChI=1S/C9H11NO4/c11-8(12)6-2-1-5-3-10(9(13)14)4-7(5)6/h2,5,7H,1,3-4H2,(H,11,12)(H,13,14). The highest BCUT2D eigenvalue weighted by atomic mass is 16.4. The zero-order valence-electron chi connectivity index (χ0n) is 7.51. The minimum absolute atomic E-state index is 0.0939. The maximum Gasteiger partial charge on any atom is 0.407 e. The average molecular weight is 197 g/mol. The van der Waals surface area contributed by atoms with E-state index in [9.17, 15) is 9.59 Å². The molecular weight excluding hydrogens is 186 g/mol. The zero-order chi connectivity index (χ0) is 10.3. The molecule has 2 rings (SSSR count). The Bertz CT molecular complexity index is 323. The Morgan fingerprint density at radius 3 is 2.64 bits per heavy atom. The Balaban J connectivity index is 2.12. The molecule has 0 bridgehead atoms. The summed E-state index contributed by atoms with van der Waals surface area (Å²) in [6, 6.07) is 0. The number of nitrogens with zero attached hydrogens (tertiary/aromatic N) is 1. The molecule has 1 aliphatic heterocycles. The first-order chi connectivity index (χ1) is 6.59. The summed E-state index contributed by atoms with van der Waals surface area (Å²) >= 11 is 0. The van der Waals surface area contributed by atoms with Crippen LogP contribution in [-0.2, 0) is 4.79 Å². The summed E-state index contributed by atoms with van der Waals surface area (Å²) in [5.41, 5.74) is 0.388. The molecule has 2 N–H and O–H groups in total. The third-order valence-electron chi connectivity index (χ3n) is 3.00. The second-order valence-electron chi connectivity index (χ2n) is 3.75. The van der Waals surface area contributed by atoms with Gasteiger partial charge in [0, 0.05) is 24.6 Å². The fourth-order valence-electron chi connectivity index (χ4n) is 2.29. The van der Waals surface area contributed by atoms with Crippen molar-refractivity contribution in [3.63, 3.8) is 0 Å². The summed E-state index contributed by atoms with van der Waals surface area (Å²) in [5.74, 6) is -0.828. The van der Waals surface area contributed by atoms with Gasteiger partial charge in [-0.3, -0.25) is 0 Å². The lowest BCUT2D eigenvalue weighted by Gasteiger charge is -2.11. The molecule has 1 saturated heterocycles. The van der Waals surface area contributed by atoms with Crippen LogP contribution in [0, 0.1) is 11.8 Å². The first kappa shape index (κ1) is 9.05. The minimum Gasteiger partial charge on any atom is -0.478 e. The molecule has 0 aromatic heterocycles. The largest absolute Gasteiger partial charge is 0.478 e. The van der Waals surface area contributed by atoms with E-state index in [-0.39, 0.29) is 11.8 Å². The summed E-state index contributed by atoms with van der Waals surface area (Å²) in [7, 11) is 0. The van der Waals surface area contributed by atoms with Gasteiger partial charge in [0.15, 0.2) is 0 Å². The summed E-state index contributed by atoms with van der Waals surface area (Å²) in [6.07, 6.45) is 1.46. The second kappa shape index (κ2) is 3.01. The summed E-state index contributed by atoms with van der Waals surface area (Å²) in [4.78, 5) is 22.8. The summed E-state index contributed by atoms with van der Waals surface area (Å²) in [5, 5.41) is 17.6. The molecule has 1 aliphatic carbocycles. The molecule has 5 nitrogen and oxygen atoms in total. The van der Waals surface area contributed by atoms with Gasteiger partial charge in [0.25, 0.3) is 0 Å². The van der Waals surface area contributed by atoms with Crippen LogP contribution in [0.25, 0.3) is 0 Å². The van der Waals surface area contributed by atoms with Gasteiger partial charge in [-0.15, -0.1) is 0 Å². The van der Waals surface area contributed by atoms with Crippen LogP contribution in [-0.4, -0.2) is 40.3 Å². The van der Waals surface area contributed by atoms with Crippen molar-refractivity contribution < 1.29 is 19.8 Å². The van der Waals surface area contributed by atoms with Crippen LogP contribution < -0.4 is 0 Å². The monoisotopic (exact) mass is 197 g/mol. The van der Waals surface area contributed by atoms with Gasteiger partial charge < -0.3 is 15.1 Å². The molecular formula is C9H11NO4. The van der Waals surface area contributed by atoms with E-state index in [1.54, 1.807) is 6.08 Å². The molecule has 0 saturated carbocycles. The molecule has 1 fully saturated rings. The topological polar surface area (TPSA) is 77.8 Å². The minimum atomic E-state index is -0.955. The van der Waals surface area contributed by atoms with Crippen LogP contribution >= 0.6 is 0 Å². The Labute approximate surface area is 80.6 Å². The lowest BCUT2D eigenvalue weighted by atomic mass is 9.95. The van der Waals surface area contributed by atoms with E-state index in [4.69, 9.17) is 10.2 Å². The van der Waals surface area contributed by atoms with Gasteiger partial charge in [0.1, 0.15) is 0 Å². The molecule has 0 aromatic carbocycles. The third-order valence-corrected chi connectivity index (χ3v) is 3.00.